The molecule has 0 amide bonds. The van der Waals surface area contributed by atoms with Gasteiger partial charge < -0.3 is 5.11 Å². The first-order chi connectivity index (χ1) is 8.81. The lowest BCUT2D eigenvalue weighted by atomic mass is 10.1. The Morgan fingerprint density at radius 2 is 2.22 bits per heavy atom. The van der Waals surface area contributed by atoms with Gasteiger partial charge in [0.25, 0.3) is 0 Å². The summed E-state index contributed by atoms with van der Waals surface area (Å²) >= 11 is 0. The first-order valence-electron chi connectivity index (χ1n) is 5.65. The van der Waals surface area contributed by atoms with E-state index in [1.165, 1.54) is 0 Å². The summed E-state index contributed by atoms with van der Waals surface area (Å²) in [5.74, 6) is 0. The lowest BCUT2D eigenvalue weighted by Gasteiger charge is -2.09. The van der Waals surface area contributed by atoms with E-state index in [4.69, 9.17) is 0 Å². The van der Waals surface area contributed by atoms with Crippen molar-refractivity contribution in [3.63, 3.8) is 0 Å². The van der Waals surface area contributed by atoms with Crippen LogP contribution >= 0.6 is 0 Å². The van der Waals surface area contributed by atoms with Crippen LogP contribution < -0.4 is 0 Å². The molecule has 0 aliphatic heterocycles. The number of aromatic nitrogens is 6. The van der Waals surface area contributed by atoms with Crippen LogP contribution in [-0.2, 0) is 6.54 Å². The van der Waals surface area contributed by atoms with E-state index >= 15 is 0 Å². The van der Waals surface area contributed by atoms with Crippen LogP contribution in [0.3, 0.4) is 0 Å². The fraction of sp³-hybridized carbons (Fsp3) is 0.273. The maximum Gasteiger partial charge on any atom is 0.126 e. The van der Waals surface area contributed by atoms with E-state index in [1.807, 2.05) is 6.92 Å². The van der Waals surface area contributed by atoms with Crippen molar-refractivity contribution in [3.05, 3.63) is 42.2 Å². The molecule has 1 unspecified atom stereocenters. The highest BCUT2D eigenvalue weighted by Gasteiger charge is 2.19. The molecule has 1 N–H and O–H groups in total. The van der Waals surface area contributed by atoms with Crippen molar-refractivity contribution in [1.82, 2.24) is 29.6 Å². The van der Waals surface area contributed by atoms with Crippen molar-refractivity contribution in [2.75, 3.05) is 0 Å². The Hall–Kier alpha value is -2.28. The highest BCUT2D eigenvalue weighted by molar-refractivity contribution is 5.54. The van der Waals surface area contributed by atoms with Crippen LogP contribution in [0.2, 0.25) is 0 Å². The fourth-order valence-electron chi connectivity index (χ4n) is 1.95. The number of hydrogen-bond donors (Lipinski definition) is 1. The van der Waals surface area contributed by atoms with Gasteiger partial charge in [-0.05, 0) is 6.92 Å². The Balaban J connectivity index is 2.09. The quantitative estimate of drug-likeness (QED) is 0.722. The van der Waals surface area contributed by atoms with Gasteiger partial charge in [0.05, 0.1) is 29.8 Å². The van der Waals surface area contributed by atoms with Crippen LogP contribution in [0.15, 0.2) is 31.0 Å². The summed E-state index contributed by atoms with van der Waals surface area (Å²) in [6.45, 7) is 2.60. The Labute approximate surface area is 103 Å². The lowest BCUT2D eigenvalue weighted by Crippen LogP contribution is -2.09. The van der Waals surface area contributed by atoms with Crippen LogP contribution in [0.1, 0.15) is 24.3 Å². The molecule has 0 fully saturated rings. The molecule has 92 valence electrons. The highest BCUT2D eigenvalue weighted by Crippen LogP contribution is 2.24. The summed E-state index contributed by atoms with van der Waals surface area (Å²) in [5.41, 5.74) is 2.12. The summed E-state index contributed by atoms with van der Waals surface area (Å²) in [5, 5.41) is 22.3. The molecule has 0 saturated carbocycles. The average Bonchev–Trinajstić information content (AvgIpc) is 3.04. The molecule has 18 heavy (non-hydrogen) atoms. The Morgan fingerprint density at radius 3 is 3.06 bits per heavy atom. The summed E-state index contributed by atoms with van der Waals surface area (Å²) < 4.78 is 3.33. The van der Waals surface area contributed by atoms with Crippen molar-refractivity contribution >= 4 is 5.52 Å². The zero-order chi connectivity index (χ0) is 12.5. The predicted molar refractivity (Wildman–Crippen MR) is 62.7 cm³/mol. The normalized spacial score (nSPS) is 13.0. The molecule has 3 aromatic heterocycles. The number of aliphatic hydroxyl groups is 1. The van der Waals surface area contributed by atoms with E-state index in [-0.39, 0.29) is 0 Å². The third kappa shape index (κ3) is 1.56. The van der Waals surface area contributed by atoms with Crippen molar-refractivity contribution < 1.29 is 5.11 Å². The van der Waals surface area contributed by atoms with Crippen molar-refractivity contribution in [1.29, 1.82) is 0 Å². The van der Waals surface area contributed by atoms with Crippen LogP contribution in [0.25, 0.3) is 5.52 Å². The fourth-order valence-corrected chi connectivity index (χ4v) is 1.95. The van der Waals surface area contributed by atoms with Crippen molar-refractivity contribution in [2.24, 2.45) is 0 Å². The van der Waals surface area contributed by atoms with E-state index in [0.29, 0.717) is 17.8 Å². The molecule has 0 saturated heterocycles. The number of fused-ring (bicyclic) bond motifs is 1. The third-order valence-corrected chi connectivity index (χ3v) is 2.88. The zero-order valence-corrected chi connectivity index (χ0v) is 9.80. The maximum absolute atomic E-state index is 10.4. The molecule has 0 bridgehead atoms. The number of nitrogens with zero attached hydrogens (tertiary/aromatic N) is 6. The number of hydrogen-bond acceptors (Lipinski definition) is 5. The zero-order valence-electron chi connectivity index (χ0n) is 9.80. The Morgan fingerprint density at radius 1 is 1.33 bits per heavy atom. The molecular formula is C11H12N6O. The van der Waals surface area contributed by atoms with Crippen LogP contribution in [0.4, 0.5) is 0 Å². The van der Waals surface area contributed by atoms with Gasteiger partial charge in [-0.3, -0.25) is 4.98 Å². The van der Waals surface area contributed by atoms with Gasteiger partial charge >= 0.3 is 0 Å². The predicted octanol–water partition coefficient (Wildman–Crippen LogP) is 0.422. The van der Waals surface area contributed by atoms with Gasteiger partial charge in [0, 0.05) is 24.5 Å². The Kier molecular flexibility index (Phi) is 2.52. The van der Waals surface area contributed by atoms with Crippen molar-refractivity contribution in [2.45, 2.75) is 19.6 Å². The molecular weight excluding hydrogens is 232 g/mol. The van der Waals surface area contributed by atoms with Crippen molar-refractivity contribution in [3.8, 4) is 0 Å². The lowest BCUT2D eigenvalue weighted by molar-refractivity contribution is 0.209. The van der Waals surface area contributed by atoms with Gasteiger partial charge in [-0.15, -0.1) is 5.10 Å². The molecule has 3 aromatic rings. The minimum Gasteiger partial charge on any atom is -0.382 e. The molecule has 0 spiro atoms. The van der Waals surface area contributed by atoms with Gasteiger partial charge in [0.2, 0.25) is 0 Å². The first-order valence-corrected chi connectivity index (χ1v) is 5.65. The standard InChI is InChI=1S/C11H12N6O/c1-2-16-10(7-13-15-16)11(18)8-5-14-17-4-3-12-6-9(8)17/h3-7,11,18H,2H2,1H3. The van der Waals surface area contributed by atoms with E-state index in [0.717, 1.165) is 5.52 Å². The summed E-state index contributed by atoms with van der Waals surface area (Å²) in [6, 6.07) is 0. The summed E-state index contributed by atoms with van der Waals surface area (Å²) in [7, 11) is 0. The first kappa shape index (κ1) is 10.8. The molecule has 3 heterocycles. The highest BCUT2D eigenvalue weighted by atomic mass is 16.3. The molecule has 0 aromatic carbocycles. The van der Waals surface area contributed by atoms with Crippen LogP contribution in [-0.4, -0.2) is 34.7 Å². The van der Waals surface area contributed by atoms with Gasteiger partial charge in [-0.1, -0.05) is 5.21 Å². The number of aryl methyl sites for hydroxylation is 1. The number of rotatable bonds is 3. The molecule has 7 heteroatoms. The second kappa shape index (κ2) is 4.19. The molecule has 7 nitrogen and oxygen atoms in total. The van der Waals surface area contributed by atoms with Gasteiger partial charge in [-0.25, -0.2) is 9.20 Å². The summed E-state index contributed by atoms with van der Waals surface area (Å²) in [4.78, 5) is 4.04. The third-order valence-electron chi connectivity index (χ3n) is 2.88. The maximum atomic E-state index is 10.4. The second-order valence-electron chi connectivity index (χ2n) is 3.88. The SMILES string of the molecule is CCn1nncc1C(O)c1cnn2ccncc12. The molecule has 3 rings (SSSR count). The van der Waals surface area contributed by atoms with Crippen LogP contribution in [0, 0.1) is 0 Å². The topological polar surface area (TPSA) is 81.1 Å². The van der Waals surface area contributed by atoms with E-state index < -0.39 is 6.10 Å². The second-order valence-corrected chi connectivity index (χ2v) is 3.88. The molecule has 0 aliphatic rings. The molecule has 0 radical (unpaired) electrons. The Bertz CT molecular complexity index is 673. The minimum atomic E-state index is -0.804. The van der Waals surface area contributed by atoms with E-state index in [2.05, 4.69) is 20.4 Å². The van der Waals surface area contributed by atoms with E-state index in [1.54, 1.807) is 40.2 Å². The number of aliphatic hydroxyl groups excluding tert-OH is 1. The van der Waals surface area contributed by atoms with Gasteiger partial charge in [-0.2, -0.15) is 5.10 Å². The van der Waals surface area contributed by atoms with Gasteiger partial charge in [0.1, 0.15) is 6.10 Å². The largest absolute Gasteiger partial charge is 0.382 e. The minimum absolute atomic E-state index is 0.649. The molecule has 0 aliphatic carbocycles. The molecule has 1 atom stereocenters. The van der Waals surface area contributed by atoms with Crippen LogP contribution in [0.5, 0.6) is 0 Å². The average molecular weight is 244 g/mol. The summed E-state index contributed by atoms with van der Waals surface area (Å²) in [6.07, 6.45) is 7.45. The smallest absolute Gasteiger partial charge is 0.126 e. The van der Waals surface area contributed by atoms with Gasteiger partial charge in [0.15, 0.2) is 0 Å². The monoisotopic (exact) mass is 244 g/mol. The van der Waals surface area contributed by atoms with E-state index in [9.17, 15) is 5.11 Å².